The SMILES string of the molecule is O=[N+]([O-])c1ccc([C@@H]2[C@H]3C(c4ccc(Cl)cc4)=Nc4ccccc4N32)cc1. The van der Waals surface area contributed by atoms with Crippen LogP contribution in [0.2, 0.25) is 5.02 Å². The Hall–Kier alpha value is -3.18. The van der Waals surface area contributed by atoms with Crippen LogP contribution >= 0.6 is 11.6 Å². The van der Waals surface area contributed by atoms with Crippen LogP contribution in [-0.4, -0.2) is 16.7 Å². The predicted molar refractivity (Wildman–Crippen MR) is 106 cm³/mol. The maximum Gasteiger partial charge on any atom is 0.269 e. The van der Waals surface area contributed by atoms with Crippen molar-refractivity contribution >= 4 is 34.4 Å². The Morgan fingerprint density at radius 1 is 0.926 bits per heavy atom. The van der Waals surface area contributed by atoms with Gasteiger partial charge in [-0.1, -0.05) is 48.0 Å². The molecule has 0 unspecified atom stereocenters. The van der Waals surface area contributed by atoms with Crippen molar-refractivity contribution < 1.29 is 4.92 Å². The highest BCUT2D eigenvalue weighted by atomic mass is 35.5. The molecule has 0 aromatic heterocycles. The van der Waals surface area contributed by atoms with E-state index in [1.54, 1.807) is 12.1 Å². The first-order chi connectivity index (χ1) is 13.1. The Balaban J connectivity index is 1.58. The lowest BCUT2D eigenvalue weighted by Gasteiger charge is -2.16. The molecule has 6 heteroatoms. The summed E-state index contributed by atoms with van der Waals surface area (Å²) in [6.45, 7) is 0. The number of nitro benzene ring substituents is 1. The summed E-state index contributed by atoms with van der Waals surface area (Å²) in [6.07, 6.45) is 0. The van der Waals surface area contributed by atoms with E-state index in [9.17, 15) is 10.1 Å². The minimum atomic E-state index is -0.375. The summed E-state index contributed by atoms with van der Waals surface area (Å²) in [5.74, 6) is 0. The summed E-state index contributed by atoms with van der Waals surface area (Å²) < 4.78 is 0. The topological polar surface area (TPSA) is 58.5 Å². The van der Waals surface area contributed by atoms with E-state index in [4.69, 9.17) is 16.6 Å². The Bertz CT molecular complexity index is 1080. The molecule has 1 saturated heterocycles. The molecule has 0 saturated carbocycles. The number of fused-ring (bicyclic) bond motifs is 3. The van der Waals surface area contributed by atoms with Gasteiger partial charge in [0.1, 0.15) is 0 Å². The molecule has 1 fully saturated rings. The van der Waals surface area contributed by atoms with Crippen molar-refractivity contribution in [2.75, 3.05) is 4.90 Å². The molecule has 2 aliphatic rings. The fraction of sp³-hybridized carbons (Fsp3) is 0.0952. The minimum Gasteiger partial charge on any atom is -0.349 e. The average molecular weight is 376 g/mol. The number of nitrogens with zero attached hydrogens (tertiary/aromatic N) is 3. The number of nitro groups is 1. The van der Waals surface area contributed by atoms with Gasteiger partial charge in [-0.25, -0.2) is 4.99 Å². The first-order valence-corrected chi connectivity index (χ1v) is 8.97. The van der Waals surface area contributed by atoms with Crippen LogP contribution < -0.4 is 4.90 Å². The Labute approximate surface area is 160 Å². The first kappa shape index (κ1) is 16.0. The van der Waals surface area contributed by atoms with Crippen molar-refractivity contribution in [3.63, 3.8) is 0 Å². The number of benzene rings is 3. The summed E-state index contributed by atoms with van der Waals surface area (Å²) in [5.41, 5.74) is 5.20. The highest BCUT2D eigenvalue weighted by Gasteiger charge is 2.54. The standard InChI is InChI=1S/C21H14ClN3O2/c22-15-9-5-13(6-10-15)19-21-20(14-7-11-16(12-8-14)25(26)27)24(21)18-4-2-1-3-17(18)23-19/h1-12,20-21H/t20-,21-,24?/m1/s1. The maximum atomic E-state index is 10.9. The van der Waals surface area contributed by atoms with E-state index in [0.717, 1.165) is 28.2 Å². The van der Waals surface area contributed by atoms with Crippen LogP contribution in [0.25, 0.3) is 0 Å². The van der Waals surface area contributed by atoms with Gasteiger partial charge in [0, 0.05) is 17.2 Å². The van der Waals surface area contributed by atoms with E-state index >= 15 is 0 Å². The van der Waals surface area contributed by atoms with Gasteiger partial charge in [-0.05, 0) is 35.4 Å². The molecule has 0 spiro atoms. The quantitative estimate of drug-likeness (QED) is 0.354. The number of rotatable bonds is 3. The van der Waals surface area contributed by atoms with Gasteiger partial charge in [-0.3, -0.25) is 10.1 Å². The van der Waals surface area contributed by atoms with E-state index in [1.165, 1.54) is 0 Å². The summed E-state index contributed by atoms with van der Waals surface area (Å²) >= 11 is 6.04. The fourth-order valence-corrected chi connectivity index (χ4v) is 3.90. The smallest absolute Gasteiger partial charge is 0.269 e. The second kappa shape index (κ2) is 5.93. The lowest BCUT2D eigenvalue weighted by Crippen LogP contribution is -2.17. The second-order valence-corrected chi connectivity index (χ2v) is 7.07. The monoisotopic (exact) mass is 375 g/mol. The van der Waals surface area contributed by atoms with Crippen LogP contribution in [0.5, 0.6) is 0 Å². The molecule has 0 bridgehead atoms. The molecule has 0 amide bonds. The Morgan fingerprint density at radius 3 is 2.33 bits per heavy atom. The molecule has 5 rings (SSSR count). The highest BCUT2D eigenvalue weighted by molar-refractivity contribution is 6.30. The number of hydrogen-bond acceptors (Lipinski definition) is 4. The van der Waals surface area contributed by atoms with E-state index < -0.39 is 0 Å². The number of anilines is 1. The maximum absolute atomic E-state index is 10.9. The first-order valence-electron chi connectivity index (χ1n) is 8.60. The summed E-state index contributed by atoms with van der Waals surface area (Å²) in [7, 11) is 0. The third-order valence-corrected chi connectivity index (χ3v) is 5.33. The Morgan fingerprint density at radius 2 is 1.63 bits per heavy atom. The zero-order chi connectivity index (χ0) is 18.5. The zero-order valence-corrected chi connectivity index (χ0v) is 14.9. The van der Waals surface area contributed by atoms with E-state index in [2.05, 4.69) is 11.0 Å². The van der Waals surface area contributed by atoms with Crippen LogP contribution in [0.4, 0.5) is 17.1 Å². The van der Waals surface area contributed by atoms with Gasteiger partial charge in [-0.15, -0.1) is 0 Å². The van der Waals surface area contributed by atoms with Gasteiger partial charge in [0.2, 0.25) is 0 Å². The molecule has 2 heterocycles. The molecule has 0 aliphatic carbocycles. The van der Waals surface area contributed by atoms with Crippen LogP contribution in [0.1, 0.15) is 17.2 Å². The minimum absolute atomic E-state index is 0.101. The molecule has 3 aromatic carbocycles. The lowest BCUT2D eigenvalue weighted by atomic mass is 10.0. The third kappa shape index (κ3) is 2.59. The van der Waals surface area contributed by atoms with Gasteiger partial charge < -0.3 is 4.90 Å². The molecule has 27 heavy (non-hydrogen) atoms. The number of hydrogen-bond donors (Lipinski definition) is 0. The molecule has 132 valence electrons. The van der Waals surface area contributed by atoms with E-state index in [0.29, 0.717) is 5.02 Å². The number of non-ortho nitro benzene ring substituents is 1. The van der Waals surface area contributed by atoms with Gasteiger partial charge in [0.15, 0.2) is 0 Å². The largest absolute Gasteiger partial charge is 0.349 e. The fourth-order valence-electron chi connectivity index (χ4n) is 3.78. The molecular weight excluding hydrogens is 362 g/mol. The van der Waals surface area contributed by atoms with Crippen molar-refractivity contribution in [2.45, 2.75) is 12.1 Å². The normalized spacial score (nSPS) is 19.7. The molecular formula is C21H14ClN3O2. The number of para-hydroxylation sites is 2. The Kier molecular flexibility index (Phi) is 3.52. The van der Waals surface area contributed by atoms with Crippen molar-refractivity contribution in [3.8, 4) is 0 Å². The van der Waals surface area contributed by atoms with Crippen LogP contribution in [0.3, 0.4) is 0 Å². The second-order valence-electron chi connectivity index (χ2n) is 6.64. The summed E-state index contributed by atoms with van der Waals surface area (Å²) in [4.78, 5) is 17.8. The summed E-state index contributed by atoms with van der Waals surface area (Å²) in [6, 6.07) is 22.8. The molecule has 2 aliphatic heterocycles. The van der Waals surface area contributed by atoms with Crippen molar-refractivity contribution in [1.82, 2.24) is 0 Å². The van der Waals surface area contributed by atoms with Crippen molar-refractivity contribution in [1.29, 1.82) is 0 Å². The number of aliphatic imine (C=N–C) groups is 1. The average Bonchev–Trinajstić information content (AvgIpc) is 3.44. The number of halogens is 1. The van der Waals surface area contributed by atoms with E-state index in [1.807, 2.05) is 54.6 Å². The third-order valence-electron chi connectivity index (χ3n) is 5.08. The molecule has 3 aromatic rings. The van der Waals surface area contributed by atoms with Crippen molar-refractivity contribution in [3.05, 3.63) is 99.1 Å². The van der Waals surface area contributed by atoms with Gasteiger partial charge in [0.25, 0.3) is 5.69 Å². The molecule has 5 nitrogen and oxygen atoms in total. The van der Waals surface area contributed by atoms with Crippen molar-refractivity contribution in [2.24, 2.45) is 4.99 Å². The predicted octanol–water partition coefficient (Wildman–Crippen LogP) is 5.31. The van der Waals surface area contributed by atoms with Gasteiger partial charge in [-0.2, -0.15) is 0 Å². The van der Waals surface area contributed by atoms with Crippen LogP contribution in [0.15, 0.2) is 77.8 Å². The lowest BCUT2D eigenvalue weighted by molar-refractivity contribution is -0.384. The highest BCUT2D eigenvalue weighted by Crippen LogP contribution is 2.54. The van der Waals surface area contributed by atoms with Crippen LogP contribution in [-0.2, 0) is 0 Å². The molecule has 0 radical (unpaired) electrons. The molecule has 0 N–H and O–H groups in total. The zero-order valence-electron chi connectivity index (χ0n) is 14.1. The van der Waals surface area contributed by atoms with E-state index in [-0.39, 0.29) is 22.7 Å². The van der Waals surface area contributed by atoms with Gasteiger partial charge in [0.05, 0.1) is 34.1 Å². The van der Waals surface area contributed by atoms with Crippen LogP contribution in [0, 0.1) is 10.1 Å². The molecule has 2 atom stereocenters. The van der Waals surface area contributed by atoms with Gasteiger partial charge >= 0.3 is 0 Å². The summed E-state index contributed by atoms with van der Waals surface area (Å²) in [5, 5.41) is 11.6.